The van der Waals surface area contributed by atoms with Crippen molar-refractivity contribution in [2.75, 3.05) is 25.1 Å². The summed E-state index contributed by atoms with van der Waals surface area (Å²) in [6.45, 7) is 7.80. The lowest BCUT2D eigenvalue weighted by Crippen LogP contribution is -2.39. The van der Waals surface area contributed by atoms with Crippen LogP contribution in [0, 0.1) is 5.92 Å². The molecule has 0 aromatic rings. The van der Waals surface area contributed by atoms with Crippen LogP contribution in [0.4, 0.5) is 0 Å². The van der Waals surface area contributed by atoms with Crippen LogP contribution in [0.1, 0.15) is 27.2 Å². The van der Waals surface area contributed by atoms with E-state index in [4.69, 9.17) is 0 Å². The molecule has 0 heterocycles. The number of hydrogen-bond acceptors (Lipinski definition) is 3. The fraction of sp³-hybridized carbons (Fsp3) is 1.00. The maximum atomic E-state index is 9.70. The predicted molar refractivity (Wildman–Crippen MR) is 61.3 cm³/mol. The van der Waals surface area contributed by atoms with Crippen molar-refractivity contribution in [3.8, 4) is 0 Å². The van der Waals surface area contributed by atoms with Crippen LogP contribution >= 0.6 is 11.8 Å². The lowest BCUT2D eigenvalue weighted by atomic mass is 10.0. The highest BCUT2D eigenvalue weighted by molar-refractivity contribution is 7.98. The largest absolute Gasteiger partial charge is 0.389 e. The third-order valence-corrected chi connectivity index (χ3v) is 3.11. The summed E-state index contributed by atoms with van der Waals surface area (Å²) >= 11 is 1.87. The Morgan fingerprint density at radius 2 is 2.15 bits per heavy atom. The average Bonchev–Trinajstić information content (AvgIpc) is 2.05. The molecule has 0 saturated carbocycles. The minimum Gasteiger partial charge on any atom is -0.389 e. The van der Waals surface area contributed by atoms with Gasteiger partial charge in [-0.25, -0.2) is 0 Å². The second-order valence-corrected chi connectivity index (χ2v) is 4.95. The lowest BCUT2D eigenvalue weighted by molar-refractivity contribution is 0.0553. The predicted octanol–water partition coefficient (Wildman–Crippen LogP) is 1.74. The van der Waals surface area contributed by atoms with E-state index in [1.807, 2.05) is 25.6 Å². The molecule has 0 radical (unpaired) electrons. The molecule has 0 bridgehead atoms. The van der Waals surface area contributed by atoms with Crippen LogP contribution in [-0.2, 0) is 0 Å². The number of hydrogen-bond donors (Lipinski definition) is 2. The van der Waals surface area contributed by atoms with Gasteiger partial charge in [-0.05, 0) is 37.8 Å². The Balaban J connectivity index is 3.44. The highest BCUT2D eigenvalue weighted by atomic mass is 32.2. The molecule has 0 aromatic carbocycles. The lowest BCUT2D eigenvalue weighted by Gasteiger charge is -2.22. The van der Waals surface area contributed by atoms with Gasteiger partial charge >= 0.3 is 0 Å². The van der Waals surface area contributed by atoms with E-state index in [1.165, 1.54) is 5.75 Å². The van der Waals surface area contributed by atoms with Gasteiger partial charge in [-0.1, -0.05) is 13.8 Å². The van der Waals surface area contributed by atoms with Gasteiger partial charge in [0.15, 0.2) is 0 Å². The molecule has 2 nitrogen and oxygen atoms in total. The number of aliphatic hydroxyl groups is 1. The first-order valence-corrected chi connectivity index (χ1v) is 6.33. The van der Waals surface area contributed by atoms with Crippen molar-refractivity contribution in [2.45, 2.75) is 32.8 Å². The van der Waals surface area contributed by atoms with Crippen LogP contribution in [0.15, 0.2) is 0 Å². The van der Waals surface area contributed by atoms with E-state index >= 15 is 0 Å². The fourth-order valence-corrected chi connectivity index (χ4v) is 1.74. The topological polar surface area (TPSA) is 32.3 Å². The van der Waals surface area contributed by atoms with E-state index in [9.17, 15) is 5.11 Å². The Bertz CT molecular complexity index is 128. The zero-order chi connectivity index (χ0) is 10.3. The van der Waals surface area contributed by atoms with Crippen molar-refractivity contribution < 1.29 is 5.11 Å². The summed E-state index contributed by atoms with van der Waals surface area (Å²) in [4.78, 5) is 0. The minimum absolute atomic E-state index is 0.543. The molecule has 0 aliphatic heterocycles. The third-order valence-electron chi connectivity index (χ3n) is 2.21. The third kappa shape index (κ3) is 7.35. The number of nitrogens with one attached hydrogen (secondary N) is 1. The van der Waals surface area contributed by atoms with Gasteiger partial charge < -0.3 is 10.4 Å². The molecule has 3 heteroatoms. The molecule has 0 aromatic heterocycles. The molecule has 0 spiro atoms. The standard InChI is InChI=1S/C10H23NOS/c1-5-10(3,12)8-11-6-9(2)7-13-4/h9,11-12H,5-8H2,1-4H3. The molecule has 2 unspecified atom stereocenters. The van der Waals surface area contributed by atoms with E-state index in [1.54, 1.807) is 0 Å². The molecule has 0 aliphatic rings. The monoisotopic (exact) mass is 205 g/mol. The van der Waals surface area contributed by atoms with Gasteiger partial charge in [-0.15, -0.1) is 0 Å². The van der Waals surface area contributed by atoms with E-state index in [-0.39, 0.29) is 0 Å². The fourth-order valence-electron chi connectivity index (χ4n) is 1.06. The van der Waals surface area contributed by atoms with Crippen LogP contribution in [0.5, 0.6) is 0 Å². The normalized spacial score (nSPS) is 18.2. The Hall–Kier alpha value is 0.270. The maximum Gasteiger partial charge on any atom is 0.0740 e. The number of rotatable bonds is 7. The van der Waals surface area contributed by atoms with Gasteiger partial charge in [0.05, 0.1) is 5.60 Å². The Kier molecular flexibility index (Phi) is 6.82. The Morgan fingerprint density at radius 3 is 2.62 bits per heavy atom. The van der Waals surface area contributed by atoms with Crippen molar-refractivity contribution >= 4 is 11.8 Å². The molecule has 0 fully saturated rings. The molecule has 0 amide bonds. The SMILES string of the molecule is CCC(C)(O)CNCC(C)CSC. The summed E-state index contributed by atoms with van der Waals surface area (Å²) in [6.07, 6.45) is 2.93. The summed E-state index contributed by atoms with van der Waals surface area (Å²) in [5, 5.41) is 13.0. The summed E-state index contributed by atoms with van der Waals surface area (Å²) in [7, 11) is 0. The van der Waals surface area contributed by atoms with Crippen molar-refractivity contribution in [1.29, 1.82) is 0 Å². The van der Waals surface area contributed by atoms with Crippen LogP contribution in [-0.4, -0.2) is 35.8 Å². The quantitative estimate of drug-likeness (QED) is 0.664. The van der Waals surface area contributed by atoms with Crippen LogP contribution < -0.4 is 5.32 Å². The first kappa shape index (κ1) is 13.3. The second-order valence-electron chi connectivity index (χ2n) is 4.04. The van der Waals surface area contributed by atoms with Gasteiger partial charge in [0, 0.05) is 6.54 Å². The van der Waals surface area contributed by atoms with Crippen LogP contribution in [0.3, 0.4) is 0 Å². The van der Waals surface area contributed by atoms with Gasteiger partial charge in [0.25, 0.3) is 0 Å². The van der Waals surface area contributed by atoms with Crippen LogP contribution in [0.25, 0.3) is 0 Å². The highest BCUT2D eigenvalue weighted by Gasteiger charge is 2.16. The summed E-state index contributed by atoms with van der Waals surface area (Å²) in [5.41, 5.74) is -0.543. The molecule has 2 N–H and O–H groups in total. The first-order valence-electron chi connectivity index (χ1n) is 4.94. The van der Waals surface area contributed by atoms with E-state index in [0.29, 0.717) is 12.5 Å². The Morgan fingerprint density at radius 1 is 1.54 bits per heavy atom. The van der Waals surface area contributed by atoms with E-state index in [0.717, 1.165) is 13.0 Å². The zero-order valence-electron chi connectivity index (χ0n) is 9.26. The molecule has 2 atom stereocenters. The van der Waals surface area contributed by atoms with Gasteiger partial charge in [0.1, 0.15) is 0 Å². The molecule has 80 valence electrons. The van der Waals surface area contributed by atoms with E-state index < -0.39 is 5.60 Å². The molecule has 13 heavy (non-hydrogen) atoms. The highest BCUT2D eigenvalue weighted by Crippen LogP contribution is 2.07. The molecular formula is C10H23NOS. The molecule has 0 rings (SSSR count). The van der Waals surface area contributed by atoms with Crippen molar-refractivity contribution in [3.63, 3.8) is 0 Å². The van der Waals surface area contributed by atoms with Crippen LogP contribution in [0.2, 0.25) is 0 Å². The smallest absolute Gasteiger partial charge is 0.0740 e. The second kappa shape index (κ2) is 6.68. The van der Waals surface area contributed by atoms with Gasteiger partial charge in [0.2, 0.25) is 0 Å². The summed E-state index contributed by atoms with van der Waals surface area (Å²) < 4.78 is 0. The average molecular weight is 205 g/mol. The number of thioether (sulfide) groups is 1. The van der Waals surface area contributed by atoms with Crippen molar-refractivity contribution in [3.05, 3.63) is 0 Å². The minimum atomic E-state index is -0.543. The van der Waals surface area contributed by atoms with Gasteiger partial charge in [-0.2, -0.15) is 11.8 Å². The summed E-state index contributed by atoms with van der Waals surface area (Å²) in [5.74, 6) is 1.86. The molecule has 0 aliphatic carbocycles. The first-order chi connectivity index (χ1) is 6.02. The van der Waals surface area contributed by atoms with Crippen molar-refractivity contribution in [2.24, 2.45) is 5.92 Å². The maximum absolute atomic E-state index is 9.70. The zero-order valence-corrected chi connectivity index (χ0v) is 10.1. The van der Waals surface area contributed by atoms with E-state index in [2.05, 4.69) is 18.5 Å². The van der Waals surface area contributed by atoms with Gasteiger partial charge in [-0.3, -0.25) is 0 Å². The van der Waals surface area contributed by atoms with Crippen molar-refractivity contribution in [1.82, 2.24) is 5.32 Å². The molecule has 0 saturated heterocycles. The Labute approximate surface area is 86.5 Å². The summed E-state index contributed by atoms with van der Waals surface area (Å²) in [6, 6.07) is 0. The molecular weight excluding hydrogens is 182 g/mol.